The Morgan fingerprint density at radius 3 is 2.55 bits per heavy atom. The monoisotopic (exact) mass is 499 g/mol. The highest BCUT2D eigenvalue weighted by atomic mass is 35.5. The van der Waals surface area contributed by atoms with Crippen LogP contribution in [0.25, 0.3) is 11.0 Å². The SMILES string of the molecule is Cn1c(=O)c2c(SCC(=O)Nc3cc(C(F)(F)F)ccc3Cl)nc(C3CC3)nc2n(C)c1=O. The van der Waals surface area contributed by atoms with Crippen LogP contribution in [0.15, 0.2) is 32.8 Å². The van der Waals surface area contributed by atoms with Crippen LogP contribution in [-0.2, 0) is 25.1 Å². The van der Waals surface area contributed by atoms with Gasteiger partial charge in [-0.25, -0.2) is 14.8 Å². The maximum Gasteiger partial charge on any atom is 0.416 e. The molecule has 174 valence electrons. The summed E-state index contributed by atoms with van der Waals surface area (Å²) in [6.45, 7) is 0. The molecule has 1 saturated carbocycles. The van der Waals surface area contributed by atoms with E-state index in [9.17, 15) is 27.6 Å². The Bertz CT molecular complexity index is 1400. The first-order valence-corrected chi connectivity index (χ1v) is 11.1. The fraction of sp³-hybridized carbons (Fsp3) is 0.350. The number of aryl methyl sites for hydroxylation is 1. The molecular formula is C20H17ClF3N5O3S. The molecule has 0 spiro atoms. The van der Waals surface area contributed by atoms with Gasteiger partial charge in [0.05, 0.1) is 22.0 Å². The number of fused-ring (bicyclic) bond motifs is 1. The first-order valence-electron chi connectivity index (χ1n) is 9.74. The van der Waals surface area contributed by atoms with Crippen LogP contribution in [0.2, 0.25) is 5.02 Å². The van der Waals surface area contributed by atoms with E-state index in [4.69, 9.17) is 11.6 Å². The van der Waals surface area contributed by atoms with Crippen molar-refractivity contribution in [2.45, 2.75) is 30.0 Å². The molecule has 0 aliphatic heterocycles. The molecule has 8 nitrogen and oxygen atoms in total. The summed E-state index contributed by atoms with van der Waals surface area (Å²) in [7, 11) is 2.82. The molecule has 2 heterocycles. The second kappa shape index (κ2) is 8.49. The zero-order chi connectivity index (χ0) is 24.1. The second-order valence-corrected chi connectivity index (χ2v) is 8.97. The summed E-state index contributed by atoms with van der Waals surface area (Å²) in [6, 6.07) is 2.62. The summed E-state index contributed by atoms with van der Waals surface area (Å²) in [4.78, 5) is 46.4. The Kier molecular flexibility index (Phi) is 5.99. The molecule has 3 aromatic rings. The van der Waals surface area contributed by atoms with E-state index in [1.807, 2.05) is 0 Å². The number of nitrogens with one attached hydrogen (secondary N) is 1. The molecule has 1 aliphatic carbocycles. The summed E-state index contributed by atoms with van der Waals surface area (Å²) in [5.74, 6) is -0.294. The smallest absolute Gasteiger partial charge is 0.324 e. The average Bonchev–Trinajstić information content (AvgIpc) is 3.60. The normalized spacial score (nSPS) is 14.0. The molecule has 1 aliphatic rings. The number of aromatic nitrogens is 4. The van der Waals surface area contributed by atoms with Crippen molar-refractivity contribution in [3.8, 4) is 0 Å². The number of benzene rings is 1. The van der Waals surface area contributed by atoms with Crippen molar-refractivity contribution in [1.82, 2.24) is 19.1 Å². The van der Waals surface area contributed by atoms with Crippen molar-refractivity contribution < 1.29 is 18.0 Å². The highest BCUT2D eigenvalue weighted by molar-refractivity contribution is 8.00. The molecule has 0 radical (unpaired) electrons. The zero-order valence-corrected chi connectivity index (χ0v) is 18.9. The van der Waals surface area contributed by atoms with Gasteiger partial charge in [-0.05, 0) is 31.0 Å². The lowest BCUT2D eigenvalue weighted by atomic mass is 10.2. The van der Waals surface area contributed by atoms with Crippen LogP contribution < -0.4 is 16.6 Å². The number of carbonyl (C=O) groups excluding carboxylic acids is 1. The van der Waals surface area contributed by atoms with Gasteiger partial charge in [-0.2, -0.15) is 13.2 Å². The van der Waals surface area contributed by atoms with Crippen LogP contribution in [-0.4, -0.2) is 30.8 Å². The number of thioether (sulfide) groups is 1. The van der Waals surface area contributed by atoms with Gasteiger partial charge >= 0.3 is 11.9 Å². The lowest BCUT2D eigenvalue weighted by molar-refractivity contribution is -0.137. The second-order valence-electron chi connectivity index (χ2n) is 7.59. The van der Waals surface area contributed by atoms with Crippen molar-refractivity contribution in [3.05, 3.63) is 55.4 Å². The van der Waals surface area contributed by atoms with E-state index < -0.39 is 28.9 Å². The minimum Gasteiger partial charge on any atom is -0.324 e. The average molecular weight is 500 g/mol. The number of rotatable bonds is 5. The molecule has 13 heteroatoms. The molecule has 4 rings (SSSR count). The molecular weight excluding hydrogens is 483 g/mol. The first kappa shape index (κ1) is 23.3. The number of alkyl halides is 3. The first-order chi connectivity index (χ1) is 15.5. The van der Waals surface area contributed by atoms with Gasteiger partial charge in [0.1, 0.15) is 16.2 Å². The summed E-state index contributed by atoms with van der Waals surface area (Å²) < 4.78 is 41.1. The van der Waals surface area contributed by atoms with Crippen LogP contribution in [0.5, 0.6) is 0 Å². The van der Waals surface area contributed by atoms with Crippen molar-refractivity contribution in [3.63, 3.8) is 0 Å². The van der Waals surface area contributed by atoms with Crippen LogP contribution in [0.4, 0.5) is 18.9 Å². The Balaban J connectivity index is 1.64. The lowest BCUT2D eigenvalue weighted by Crippen LogP contribution is -2.38. The maximum atomic E-state index is 13.0. The highest BCUT2D eigenvalue weighted by Crippen LogP contribution is 2.39. The van der Waals surface area contributed by atoms with Crippen LogP contribution in [0, 0.1) is 0 Å². The van der Waals surface area contributed by atoms with Gasteiger partial charge in [-0.1, -0.05) is 23.4 Å². The Hall–Kier alpha value is -2.86. The summed E-state index contributed by atoms with van der Waals surface area (Å²) >= 11 is 6.87. The number of anilines is 1. The number of nitrogens with zero attached hydrogens (tertiary/aromatic N) is 4. The fourth-order valence-electron chi connectivity index (χ4n) is 3.19. The minimum absolute atomic E-state index is 0.0475. The third kappa shape index (κ3) is 4.62. The van der Waals surface area contributed by atoms with Crippen molar-refractivity contribution in [2.75, 3.05) is 11.1 Å². The van der Waals surface area contributed by atoms with E-state index in [2.05, 4.69) is 15.3 Å². The quantitative estimate of drug-likeness (QED) is 0.427. The van der Waals surface area contributed by atoms with Gasteiger partial charge in [-0.15, -0.1) is 0 Å². The maximum absolute atomic E-state index is 13.0. The predicted octanol–water partition coefficient (Wildman–Crippen LogP) is 3.31. The van der Waals surface area contributed by atoms with Crippen molar-refractivity contribution in [1.29, 1.82) is 0 Å². The summed E-state index contributed by atoms with van der Waals surface area (Å²) in [5, 5.41) is 2.64. The van der Waals surface area contributed by atoms with Crippen molar-refractivity contribution >= 4 is 46.0 Å². The molecule has 0 bridgehead atoms. The van der Waals surface area contributed by atoms with Crippen LogP contribution in [0.1, 0.15) is 30.1 Å². The molecule has 0 unspecified atom stereocenters. The van der Waals surface area contributed by atoms with Gasteiger partial charge in [0, 0.05) is 20.0 Å². The van der Waals surface area contributed by atoms with E-state index >= 15 is 0 Å². The summed E-state index contributed by atoms with van der Waals surface area (Å²) in [6.07, 6.45) is -2.83. The lowest BCUT2D eigenvalue weighted by Gasteiger charge is -2.13. The number of carbonyl (C=O) groups is 1. The van der Waals surface area contributed by atoms with Gasteiger partial charge in [-0.3, -0.25) is 18.7 Å². The number of hydrogen-bond donors (Lipinski definition) is 1. The van der Waals surface area contributed by atoms with E-state index in [-0.39, 0.29) is 38.4 Å². The fourth-order valence-corrected chi connectivity index (χ4v) is 4.18. The third-order valence-corrected chi connectivity index (χ3v) is 6.44. The van der Waals surface area contributed by atoms with Crippen LogP contribution >= 0.6 is 23.4 Å². The number of amides is 1. The molecule has 0 atom stereocenters. The van der Waals surface area contributed by atoms with E-state index in [0.717, 1.165) is 47.4 Å². The molecule has 1 fully saturated rings. The van der Waals surface area contributed by atoms with Crippen LogP contribution in [0.3, 0.4) is 0 Å². The van der Waals surface area contributed by atoms with Crippen molar-refractivity contribution in [2.24, 2.45) is 14.1 Å². The van der Waals surface area contributed by atoms with E-state index in [0.29, 0.717) is 5.82 Å². The Morgan fingerprint density at radius 1 is 1.21 bits per heavy atom. The Labute approximate surface area is 193 Å². The largest absolute Gasteiger partial charge is 0.416 e. The standard InChI is InChI=1S/C20H17ClF3N5O3S/c1-28-16-14(18(31)29(2)19(28)32)17(27-15(26-16)9-3-4-9)33-8-13(30)25-12-7-10(20(22,23)24)5-6-11(12)21/h5-7,9H,3-4,8H2,1-2H3,(H,25,30). The van der Waals surface area contributed by atoms with Gasteiger partial charge < -0.3 is 5.32 Å². The number of hydrogen-bond acceptors (Lipinski definition) is 6. The zero-order valence-electron chi connectivity index (χ0n) is 17.4. The molecule has 1 aromatic carbocycles. The van der Waals surface area contributed by atoms with E-state index in [1.54, 1.807) is 0 Å². The minimum atomic E-state index is -4.59. The van der Waals surface area contributed by atoms with Gasteiger partial charge in [0.2, 0.25) is 5.91 Å². The molecule has 1 amide bonds. The summed E-state index contributed by atoms with van der Waals surface area (Å²) in [5.41, 5.74) is -2.10. The molecule has 1 N–H and O–H groups in total. The molecule has 33 heavy (non-hydrogen) atoms. The molecule has 2 aromatic heterocycles. The van der Waals surface area contributed by atoms with E-state index in [1.165, 1.54) is 18.7 Å². The predicted molar refractivity (Wildman–Crippen MR) is 118 cm³/mol. The third-order valence-electron chi connectivity index (χ3n) is 5.13. The topological polar surface area (TPSA) is 98.9 Å². The Morgan fingerprint density at radius 2 is 1.91 bits per heavy atom. The molecule has 0 saturated heterocycles. The highest BCUT2D eigenvalue weighted by Gasteiger charge is 2.31. The number of halogens is 4. The van der Waals surface area contributed by atoms with Gasteiger partial charge in [0.15, 0.2) is 5.65 Å². The van der Waals surface area contributed by atoms with Gasteiger partial charge in [0.25, 0.3) is 5.56 Å².